The fourth-order valence-corrected chi connectivity index (χ4v) is 3.56. The molecule has 0 radical (unpaired) electrons. The molecule has 0 spiro atoms. The Balaban J connectivity index is 1.57. The third kappa shape index (κ3) is 4.24. The molecule has 1 aliphatic carbocycles. The number of methoxy groups -OCH3 is 1. The summed E-state index contributed by atoms with van der Waals surface area (Å²) in [6, 6.07) is 8.87. The third-order valence-electron chi connectivity index (χ3n) is 4.67. The zero-order valence-electron chi connectivity index (χ0n) is 16.4. The van der Waals surface area contributed by atoms with Gasteiger partial charge in [0.05, 0.1) is 7.11 Å². The number of fused-ring (bicyclic) bond motifs is 2. The Kier molecular flexibility index (Phi) is 5.51. The van der Waals surface area contributed by atoms with Crippen molar-refractivity contribution in [2.45, 2.75) is 12.8 Å². The molecule has 0 atom stereocenters. The zero-order chi connectivity index (χ0) is 23.0. The lowest BCUT2D eigenvalue weighted by Gasteiger charge is -2.37. The molecule has 12 heteroatoms. The quantitative estimate of drug-likeness (QED) is 0.672. The van der Waals surface area contributed by atoms with Gasteiger partial charge in [0.25, 0.3) is 0 Å². The summed E-state index contributed by atoms with van der Waals surface area (Å²) >= 11 is 6.05. The van der Waals surface area contributed by atoms with Gasteiger partial charge in [-0.05, 0) is 42.0 Å². The summed E-state index contributed by atoms with van der Waals surface area (Å²) in [7, 11) is 1.17. The molecule has 0 fully saturated rings. The first-order valence-corrected chi connectivity index (χ1v) is 9.51. The SMILES string of the molecule is COC(=O)N1C2=C(Cc3cc(Cl)ccc32)OCN1C(=O)Nc1ccc(OC(F)(F)F)cc1. The van der Waals surface area contributed by atoms with Crippen LogP contribution in [0.3, 0.4) is 0 Å². The minimum atomic E-state index is -4.83. The summed E-state index contributed by atoms with van der Waals surface area (Å²) in [6.07, 6.45) is -5.27. The Morgan fingerprint density at radius 3 is 2.53 bits per heavy atom. The standard InChI is InChI=1S/C20H15ClF3N3O5/c1-30-19(29)27-17-15-7-2-12(21)8-11(15)9-16(17)31-10-26(27)18(28)25-13-3-5-14(6-4-13)32-20(22,23)24/h2-8H,9-10H2,1H3,(H,25,28). The Bertz CT molecular complexity index is 1100. The number of alkyl halides is 3. The maximum Gasteiger partial charge on any atom is 0.573 e. The maximum absolute atomic E-state index is 12.9. The van der Waals surface area contributed by atoms with Crippen molar-refractivity contribution in [3.63, 3.8) is 0 Å². The molecule has 0 unspecified atom stereocenters. The van der Waals surface area contributed by atoms with Crippen LogP contribution in [0.25, 0.3) is 5.70 Å². The summed E-state index contributed by atoms with van der Waals surface area (Å²) in [5.41, 5.74) is 1.99. The van der Waals surface area contributed by atoms with Crippen LogP contribution in [0.1, 0.15) is 11.1 Å². The van der Waals surface area contributed by atoms with Gasteiger partial charge in [-0.1, -0.05) is 17.7 Å². The predicted octanol–water partition coefficient (Wildman–Crippen LogP) is 4.97. The van der Waals surface area contributed by atoms with Gasteiger partial charge >= 0.3 is 18.5 Å². The van der Waals surface area contributed by atoms with Gasteiger partial charge in [-0.3, -0.25) is 0 Å². The van der Waals surface area contributed by atoms with E-state index in [0.29, 0.717) is 28.5 Å². The topological polar surface area (TPSA) is 80.3 Å². The number of allylic oxidation sites excluding steroid dienone is 1. The number of rotatable bonds is 2. The number of carbonyl (C=O) groups excluding carboxylic acids is 2. The Morgan fingerprint density at radius 1 is 1.16 bits per heavy atom. The highest BCUT2D eigenvalue weighted by Gasteiger charge is 2.41. The first kappa shape index (κ1) is 21.6. The normalized spacial score (nSPS) is 15.0. The summed E-state index contributed by atoms with van der Waals surface area (Å²) in [5.74, 6) is 0.0365. The van der Waals surface area contributed by atoms with E-state index in [4.69, 9.17) is 21.1 Å². The third-order valence-corrected chi connectivity index (χ3v) is 4.91. The van der Waals surface area contributed by atoms with Crippen molar-refractivity contribution < 1.29 is 37.0 Å². The fraction of sp³-hybridized carbons (Fsp3) is 0.200. The van der Waals surface area contributed by atoms with Crippen molar-refractivity contribution in [3.05, 3.63) is 64.4 Å². The van der Waals surface area contributed by atoms with Crippen LogP contribution in [-0.4, -0.2) is 42.3 Å². The van der Waals surface area contributed by atoms with E-state index in [2.05, 4.69) is 10.1 Å². The number of carbonyl (C=O) groups is 2. The number of hydrazine groups is 1. The van der Waals surface area contributed by atoms with E-state index in [9.17, 15) is 22.8 Å². The average molecular weight is 470 g/mol. The lowest BCUT2D eigenvalue weighted by molar-refractivity contribution is -0.274. The number of nitrogens with zero attached hydrogens (tertiary/aromatic N) is 2. The number of hydrogen-bond acceptors (Lipinski definition) is 5. The van der Waals surface area contributed by atoms with Gasteiger partial charge in [0, 0.05) is 22.7 Å². The second-order valence-corrected chi connectivity index (χ2v) is 7.14. The van der Waals surface area contributed by atoms with Crippen LogP contribution in [-0.2, 0) is 15.9 Å². The van der Waals surface area contributed by atoms with Gasteiger partial charge in [-0.25, -0.2) is 9.59 Å². The van der Waals surface area contributed by atoms with Gasteiger partial charge in [0.15, 0.2) is 6.73 Å². The summed E-state index contributed by atoms with van der Waals surface area (Å²) in [6.45, 7) is -0.295. The lowest BCUT2D eigenvalue weighted by atomic mass is 10.1. The number of anilines is 1. The highest BCUT2D eigenvalue weighted by atomic mass is 35.5. The van der Waals surface area contributed by atoms with Gasteiger partial charge in [0.2, 0.25) is 0 Å². The lowest BCUT2D eigenvalue weighted by Crippen LogP contribution is -2.53. The van der Waals surface area contributed by atoms with Crippen LogP contribution < -0.4 is 10.1 Å². The number of ether oxygens (including phenoxy) is 3. The first-order valence-electron chi connectivity index (χ1n) is 9.13. The van der Waals surface area contributed by atoms with E-state index in [0.717, 1.165) is 27.7 Å². The van der Waals surface area contributed by atoms with Crippen LogP contribution in [0.5, 0.6) is 5.75 Å². The molecule has 1 aliphatic heterocycles. The van der Waals surface area contributed by atoms with E-state index in [1.165, 1.54) is 19.2 Å². The molecule has 4 rings (SSSR count). The molecule has 0 aromatic heterocycles. The van der Waals surface area contributed by atoms with Crippen molar-refractivity contribution in [3.8, 4) is 5.75 Å². The number of urea groups is 1. The van der Waals surface area contributed by atoms with E-state index < -0.39 is 24.2 Å². The Morgan fingerprint density at radius 2 is 1.88 bits per heavy atom. The van der Waals surface area contributed by atoms with Gasteiger partial charge in [-0.2, -0.15) is 10.0 Å². The molecule has 2 aromatic rings. The van der Waals surface area contributed by atoms with Gasteiger partial charge in [0.1, 0.15) is 17.2 Å². The molecular weight excluding hydrogens is 455 g/mol. The van der Waals surface area contributed by atoms with Crippen molar-refractivity contribution >= 4 is 35.1 Å². The second-order valence-electron chi connectivity index (χ2n) is 6.71. The number of amides is 3. The minimum Gasteiger partial charge on any atom is -0.473 e. The predicted molar refractivity (Wildman–Crippen MR) is 106 cm³/mol. The van der Waals surface area contributed by atoms with Crippen LogP contribution in [0.4, 0.5) is 28.4 Å². The molecule has 32 heavy (non-hydrogen) atoms. The number of nitrogens with one attached hydrogen (secondary N) is 1. The number of hydrogen-bond donors (Lipinski definition) is 1. The molecule has 1 heterocycles. The van der Waals surface area contributed by atoms with Gasteiger partial charge < -0.3 is 19.5 Å². The molecule has 168 valence electrons. The summed E-state index contributed by atoms with van der Waals surface area (Å²) < 4.78 is 51.3. The van der Waals surface area contributed by atoms with E-state index in [1.807, 2.05) is 0 Å². The minimum absolute atomic E-state index is 0.174. The molecule has 0 bridgehead atoms. The van der Waals surface area contributed by atoms with Crippen molar-refractivity contribution in [1.29, 1.82) is 0 Å². The fourth-order valence-electron chi connectivity index (χ4n) is 3.37. The summed E-state index contributed by atoms with van der Waals surface area (Å²) in [4.78, 5) is 25.5. The van der Waals surface area contributed by atoms with Crippen molar-refractivity contribution in [1.82, 2.24) is 10.0 Å². The van der Waals surface area contributed by atoms with Crippen molar-refractivity contribution in [2.75, 3.05) is 19.2 Å². The highest BCUT2D eigenvalue weighted by Crippen LogP contribution is 2.40. The molecule has 2 aromatic carbocycles. The van der Waals surface area contributed by atoms with Crippen LogP contribution in [0.15, 0.2) is 48.2 Å². The van der Waals surface area contributed by atoms with E-state index >= 15 is 0 Å². The smallest absolute Gasteiger partial charge is 0.473 e. The monoisotopic (exact) mass is 469 g/mol. The number of halogens is 4. The maximum atomic E-state index is 12.9. The van der Waals surface area contributed by atoms with E-state index in [-0.39, 0.29) is 12.4 Å². The molecule has 1 N–H and O–H groups in total. The molecule has 2 aliphatic rings. The molecule has 0 saturated heterocycles. The largest absolute Gasteiger partial charge is 0.573 e. The average Bonchev–Trinajstić information content (AvgIpc) is 3.10. The highest BCUT2D eigenvalue weighted by molar-refractivity contribution is 6.30. The molecule has 0 saturated carbocycles. The van der Waals surface area contributed by atoms with Crippen LogP contribution >= 0.6 is 11.6 Å². The van der Waals surface area contributed by atoms with Gasteiger partial charge in [-0.15, -0.1) is 13.2 Å². The summed E-state index contributed by atoms with van der Waals surface area (Å²) in [5, 5.41) is 5.05. The Labute approximate surface area is 184 Å². The van der Waals surface area contributed by atoms with Crippen LogP contribution in [0, 0.1) is 0 Å². The number of benzene rings is 2. The van der Waals surface area contributed by atoms with Crippen LogP contribution in [0.2, 0.25) is 5.02 Å². The molecule has 8 nitrogen and oxygen atoms in total. The first-order chi connectivity index (χ1) is 15.2. The Hall–Kier alpha value is -3.60. The van der Waals surface area contributed by atoms with Crippen molar-refractivity contribution in [2.24, 2.45) is 0 Å². The van der Waals surface area contributed by atoms with E-state index in [1.54, 1.807) is 18.2 Å². The zero-order valence-corrected chi connectivity index (χ0v) is 17.2. The molecular formula is C20H15ClF3N3O5. The molecule has 3 amide bonds. The second kappa shape index (κ2) is 8.15.